The van der Waals surface area contributed by atoms with Crippen molar-refractivity contribution in [1.29, 1.82) is 0 Å². The van der Waals surface area contributed by atoms with E-state index in [2.05, 4.69) is 5.09 Å². The Hall–Kier alpha value is -2.90. The van der Waals surface area contributed by atoms with E-state index in [9.17, 15) is 19.5 Å². The topological polar surface area (TPSA) is 117 Å². The van der Waals surface area contributed by atoms with Crippen molar-refractivity contribution in [3.63, 3.8) is 0 Å². The van der Waals surface area contributed by atoms with E-state index in [1.54, 1.807) is 44.2 Å². The van der Waals surface area contributed by atoms with Crippen molar-refractivity contribution in [2.45, 2.75) is 58.1 Å². The minimum absolute atomic E-state index is 0.0931. The van der Waals surface area contributed by atoms with Crippen molar-refractivity contribution in [2.75, 3.05) is 0 Å². The fourth-order valence-corrected chi connectivity index (χ4v) is 5.21. The number of nitro groups is 1. The van der Waals surface area contributed by atoms with Crippen LogP contribution >= 0.6 is 7.75 Å². The second-order valence-corrected chi connectivity index (χ2v) is 9.91. The lowest BCUT2D eigenvalue weighted by Crippen LogP contribution is -2.43. The second-order valence-electron chi connectivity index (χ2n) is 8.29. The first-order valence-corrected chi connectivity index (χ1v) is 12.6. The molecule has 0 spiro atoms. The zero-order chi connectivity index (χ0) is 23.8. The summed E-state index contributed by atoms with van der Waals surface area (Å²) in [6.07, 6.45) is 4.62. The zero-order valence-electron chi connectivity index (χ0n) is 18.7. The Morgan fingerprint density at radius 3 is 2.12 bits per heavy atom. The van der Waals surface area contributed by atoms with E-state index in [1.165, 1.54) is 24.3 Å². The quantitative estimate of drug-likeness (QED) is 0.202. The lowest BCUT2D eigenvalue weighted by atomic mass is 9.97. The fraction of sp³-hybridized carbons (Fsp3) is 0.435. The summed E-state index contributed by atoms with van der Waals surface area (Å²) in [5.41, 5.74) is -0.134. The molecule has 0 amide bonds. The lowest BCUT2D eigenvalue weighted by Gasteiger charge is -2.29. The van der Waals surface area contributed by atoms with Crippen molar-refractivity contribution in [3.8, 4) is 11.5 Å². The van der Waals surface area contributed by atoms with Gasteiger partial charge < -0.3 is 13.8 Å². The van der Waals surface area contributed by atoms with Crippen LogP contribution in [0.5, 0.6) is 11.5 Å². The highest BCUT2D eigenvalue weighted by Gasteiger charge is 2.38. The minimum Gasteiger partial charge on any atom is -0.461 e. The van der Waals surface area contributed by atoms with Gasteiger partial charge in [-0.05, 0) is 55.9 Å². The number of ether oxygens (including phenoxy) is 1. The molecule has 0 aliphatic heterocycles. The number of non-ortho nitro benzene ring substituents is 1. The summed E-state index contributed by atoms with van der Waals surface area (Å²) in [7, 11) is -4.14. The zero-order valence-corrected chi connectivity index (χ0v) is 19.6. The van der Waals surface area contributed by atoms with E-state index >= 15 is 0 Å². The highest BCUT2D eigenvalue weighted by molar-refractivity contribution is 7.52. The molecule has 10 heteroatoms. The normalized spacial score (nSPS) is 17.1. The number of nitrogens with zero attached hydrogens (tertiary/aromatic N) is 1. The monoisotopic (exact) mass is 476 g/mol. The first kappa shape index (κ1) is 24.7. The van der Waals surface area contributed by atoms with Crippen LogP contribution in [0.2, 0.25) is 0 Å². The molecule has 1 aliphatic carbocycles. The van der Waals surface area contributed by atoms with Crippen LogP contribution in [-0.2, 0) is 14.1 Å². The average molecular weight is 476 g/mol. The molecule has 0 bridgehead atoms. The molecule has 0 aromatic heterocycles. The maximum absolute atomic E-state index is 13.8. The summed E-state index contributed by atoms with van der Waals surface area (Å²) in [4.78, 5) is 23.3. The van der Waals surface area contributed by atoms with Gasteiger partial charge in [-0.25, -0.2) is 4.57 Å². The van der Waals surface area contributed by atoms with Gasteiger partial charge in [-0.2, -0.15) is 5.09 Å². The Bertz CT molecular complexity index is 976. The number of hydrogen-bond donors (Lipinski definition) is 1. The number of nitro benzene ring substituents is 1. The molecule has 1 unspecified atom stereocenters. The van der Waals surface area contributed by atoms with Gasteiger partial charge in [0.25, 0.3) is 5.69 Å². The highest BCUT2D eigenvalue weighted by Crippen LogP contribution is 2.46. The summed E-state index contributed by atoms with van der Waals surface area (Å²) >= 11 is 0. The molecule has 33 heavy (non-hydrogen) atoms. The smallest absolute Gasteiger partial charge is 0.461 e. The van der Waals surface area contributed by atoms with E-state index in [0.29, 0.717) is 0 Å². The molecular formula is C23H29N2O7P. The summed E-state index contributed by atoms with van der Waals surface area (Å²) in [5, 5.41) is 13.7. The highest BCUT2D eigenvalue weighted by atomic mass is 31.2. The molecule has 0 saturated heterocycles. The summed E-state index contributed by atoms with van der Waals surface area (Å²) in [5.74, 6) is -0.413. The van der Waals surface area contributed by atoms with Gasteiger partial charge in [-0.15, -0.1) is 0 Å². The molecular weight excluding hydrogens is 447 g/mol. The maximum Gasteiger partial charge on any atom is 0.513 e. The van der Waals surface area contributed by atoms with E-state index < -0.39 is 24.7 Å². The third-order valence-electron chi connectivity index (χ3n) is 5.29. The standard InChI is InChI=1S/C23H29N2O7P/c1-17(2)22(23(26)30-19-9-5-3-6-10-19)24-33(29,31-20-11-7-4-8-12-20)32-21-15-13-18(14-16-21)25(27)28/h4,7-8,11-17,19,22H,3,5-6,9-10H2,1-2H3,(H,24,29)/t22-,33?/m0/s1. The Balaban J connectivity index is 1.82. The van der Waals surface area contributed by atoms with Gasteiger partial charge in [-0.1, -0.05) is 38.5 Å². The molecule has 1 N–H and O–H groups in total. The van der Waals surface area contributed by atoms with Gasteiger partial charge in [0, 0.05) is 12.1 Å². The van der Waals surface area contributed by atoms with E-state index in [4.69, 9.17) is 13.8 Å². The number of rotatable bonds is 10. The fourth-order valence-electron chi connectivity index (χ4n) is 3.52. The first-order chi connectivity index (χ1) is 15.8. The van der Waals surface area contributed by atoms with E-state index in [0.717, 1.165) is 32.1 Å². The van der Waals surface area contributed by atoms with Crippen LogP contribution in [0.15, 0.2) is 54.6 Å². The van der Waals surface area contributed by atoms with Crippen LogP contribution in [0.1, 0.15) is 46.0 Å². The number of carbonyl (C=O) groups is 1. The summed E-state index contributed by atoms with van der Waals surface area (Å²) in [6, 6.07) is 12.6. The Morgan fingerprint density at radius 1 is 1.00 bits per heavy atom. The number of benzene rings is 2. The van der Waals surface area contributed by atoms with Gasteiger partial charge in [0.15, 0.2) is 0 Å². The Morgan fingerprint density at radius 2 is 1.58 bits per heavy atom. The van der Waals surface area contributed by atoms with Crippen molar-refractivity contribution in [1.82, 2.24) is 5.09 Å². The molecule has 2 aromatic rings. The van der Waals surface area contributed by atoms with Crippen LogP contribution in [-0.4, -0.2) is 23.0 Å². The molecule has 0 radical (unpaired) electrons. The summed E-state index contributed by atoms with van der Waals surface area (Å²) < 4.78 is 30.8. The third kappa shape index (κ3) is 7.30. The molecule has 1 aliphatic rings. The van der Waals surface area contributed by atoms with Crippen molar-refractivity contribution in [2.24, 2.45) is 5.92 Å². The Kier molecular flexibility index (Phi) is 8.47. The van der Waals surface area contributed by atoms with Gasteiger partial charge in [-0.3, -0.25) is 14.9 Å². The number of carbonyl (C=O) groups excluding carboxylic acids is 1. The summed E-state index contributed by atoms with van der Waals surface area (Å²) in [6.45, 7) is 3.61. The van der Waals surface area contributed by atoms with Gasteiger partial charge in [0.2, 0.25) is 0 Å². The predicted molar refractivity (Wildman–Crippen MR) is 123 cm³/mol. The van der Waals surface area contributed by atoms with Crippen LogP contribution in [0.3, 0.4) is 0 Å². The van der Waals surface area contributed by atoms with Crippen molar-refractivity contribution < 1.29 is 28.1 Å². The van der Waals surface area contributed by atoms with Crippen molar-refractivity contribution >= 4 is 19.4 Å². The van der Waals surface area contributed by atoms with Gasteiger partial charge in [0.1, 0.15) is 23.6 Å². The first-order valence-electron chi connectivity index (χ1n) is 11.0. The van der Waals surface area contributed by atoms with Crippen molar-refractivity contribution in [3.05, 3.63) is 64.7 Å². The molecule has 1 saturated carbocycles. The van der Waals surface area contributed by atoms with Crippen LogP contribution < -0.4 is 14.1 Å². The number of esters is 1. The third-order valence-corrected chi connectivity index (χ3v) is 6.79. The number of para-hydroxylation sites is 1. The second kappa shape index (κ2) is 11.3. The van der Waals surface area contributed by atoms with E-state index in [1.807, 2.05) is 0 Å². The molecule has 9 nitrogen and oxygen atoms in total. The minimum atomic E-state index is -4.14. The molecule has 2 aromatic carbocycles. The number of nitrogens with one attached hydrogen (secondary N) is 1. The lowest BCUT2D eigenvalue weighted by molar-refractivity contribution is -0.384. The molecule has 0 heterocycles. The maximum atomic E-state index is 13.8. The van der Waals surface area contributed by atoms with Gasteiger partial charge >= 0.3 is 13.7 Å². The largest absolute Gasteiger partial charge is 0.513 e. The molecule has 2 atom stereocenters. The van der Waals surface area contributed by atoms with Crippen LogP contribution in [0.4, 0.5) is 5.69 Å². The van der Waals surface area contributed by atoms with Crippen LogP contribution in [0, 0.1) is 16.0 Å². The Labute approximate surface area is 193 Å². The molecule has 178 valence electrons. The average Bonchev–Trinajstić information content (AvgIpc) is 2.79. The van der Waals surface area contributed by atoms with E-state index in [-0.39, 0.29) is 29.2 Å². The predicted octanol–water partition coefficient (Wildman–Crippen LogP) is 5.65. The molecule has 1 fully saturated rings. The van der Waals surface area contributed by atoms with Gasteiger partial charge in [0.05, 0.1) is 4.92 Å². The SMILES string of the molecule is CC(C)[C@H](NP(=O)(Oc1ccccc1)Oc1ccc([N+](=O)[O-])cc1)C(=O)OC1CCCCC1. The molecule has 3 rings (SSSR count). The van der Waals surface area contributed by atoms with Crippen LogP contribution in [0.25, 0.3) is 0 Å². The number of hydrogen-bond acceptors (Lipinski definition) is 7.